The van der Waals surface area contributed by atoms with E-state index in [2.05, 4.69) is 15.5 Å². The maximum Gasteiger partial charge on any atom is 0.253 e. The Kier molecular flexibility index (Phi) is 4.62. The van der Waals surface area contributed by atoms with E-state index in [-0.39, 0.29) is 5.91 Å². The lowest BCUT2D eigenvalue weighted by Crippen LogP contribution is -2.27. The molecule has 1 amide bonds. The van der Waals surface area contributed by atoms with E-state index in [4.69, 9.17) is 16.1 Å². The first-order chi connectivity index (χ1) is 11.5. The minimum Gasteiger partial charge on any atom is -0.340 e. The number of hydrogen-bond donors (Lipinski definition) is 1. The third-order valence-corrected chi connectivity index (χ3v) is 3.88. The molecule has 1 aromatic heterocycles. The summed E-state index contributed by atoms with van der Waals surface area (Å²) in [4.78, 5) is 16.7. The zero-order valence-corrected chi connectivity index (χ0v) is 14.0. The summed E-state index contributed by atoms with van der Waals surface area (Å²) in [5.74, 6) is 0.544. The molecule has 6 heteroatoms. The van der Waals surface area contributed by atoms with Gasteiger partial charge in [0.2, 0.25) is 11.7 Å². The topological polar surface area (TPSA) is 68.0 Å². The molecule has 2 aromatic carbocycles. The molecule has 24 heavy (non-hydrogen) atoms. The molecule has 0 aliphatic carbocycles. The molecule has 0 radical (unpaired) electrons. The van der Waals surface area contributed by atoms with E-state index in [0.717, 1.165) is 11.1 Å². The number of aryl methyl sites for hydroxylation is 1. The Hall–Kier alpha value is -2.66. The highest BCUT2D eigenvalue weighted by molar-refractivity contribution is 6.33. The Labute approximate surface area is 144 Å². The van der Waals surface area contributed by atoms with Crippen LogP contribution < -0.4 is 5.32 Å². The molecule has 122 valence electrons. The van der Waals surface area contributed by atoms with Gasteiger partial charge < -0.3 is 9.84 Å². The molecule has 1 unspecified atom stereocenters. The molecule has 0 spiro atoms. The van der Waals surface area contributed by atoms with Gasteiger partial charge in [-0.2, -0.15) is 4.98 Å². The Bertz CT molecular complexity index is 876. The van der Waals surface area contributed by atoms with Gasteiger partial charge in [-0.25, -0.2) is 0 Å². The van der Waals surface area contributed by atoms with Gasteiger partial charge in [-0.3, -0.25) is 4.79 Å². The molecule has 0 aliphatic heterocycles. The van der Waals surface area contributed by atoms with Gasteiger partial charge in [0.1, 0.15) is 6.04 Å². The van der Waals surface area contributed by atoms with Crippen LogP contribution >= 0.6 is 11.6 Å². The monoisotopic (exact) mass is 341 g/mol. The molecule has 1 heterocycles. The zero-order chi connectivity index (χ0) is 17.1. The van der Waals surface area contributed by atoms with Gasteiger partial charge in [-0.1, -0.05) is 52.7 Å². The number of rotatable bonds is 4. The summed E-state index contributed by atoms with van der Waals surface area (Å²) in [6, 6.07) is 14.2. The second-order valence-corrected chi connectivity index (χ2v) is 5.91. The van der Waals surface area contributed by atoms with Crippen molar-refractivity contribution in [3.05, 3.63) is 70.6 Å². The fraction of sp³-hybridized carbons (Fsp3) is 0.167. The van der Waals surface area contributed by atoms with Gasteiger partial charge in [-0.05, 0) is 32.0 Å². The lowest BCUT2D eigenvalue weighted by Gasteiger charge is -2.10. The van der Waals surface area contributed by atoms with Crippen molar-refractivity contribution in [2.24, 2.45) is 0 Å². The number of aromatic nitrogens is 2. The van der Waals surface area contributed by atoms with Crippen LogP contribution in [-0.2, 0) is 0 Å². The molecule has 3 rings (SSSR count). The van der Waals surface area contributed by atoms with Crippen LogP contribution in [0, 0.1) is 6.92 Å². The summed E-state index contributed by atoms with van der Waals surface area (Å²) >= 11 is 6.04. The van der Waals surface area contributed by atoms with Gasteiger partial charge in [-0.15, -0.1) is 0 Å². The van der Waals surface area contributed by atoms with Crippen molar-refractivity contribution in [3.63, 3.8) is 0 Å². The average molecular weight is 342 g/mol. The van der Waals surface area contributed by atoms with Crippen LogP contribution in [0.5, 0.6) is 0 Å². The van der Waals surface area contributed by atoms with Crippen LogP contribution in [0.4, 0.5) is 0 Å². The average Bonchev–Trinajstić information content (AvgIpc) is 3.05. The number of benzene rings is 2. The lowest BCUT2D eigenvalue weighted by molar-refractivity contribution is 0.0932. The molecule has 3 aromatic rings. The first-order valence-electron chi connectivity index (χ1n) is 7.50. The van der Waals surface area contributed by atoms with E-state index >= 15 is 0 Å². The third kappa shape index (κ3) is 3.46. The van der Waals surface area contributed by atoms with Crippen molar-refractivity contribution in [2.45, 2.75) is 19.9 Å². The number of carbonyl (C=O) groups is 1. The van der Waals surface area contributed by atoms with E-state index in [0.29, 0.717) is 22.3 Å². The molecule has 0 saturated heterocycles. The Morgan fingerprint density at radius 1 is 1.21 bits per heavy atom. The highest BCUT2D eigenvalue weighted by Gasteiger charge is 2.19. The first-order valence-corrected chi connectivity index (χ1v) is 7.88. The second kappa shape index (κ2) is 6.84. The van der Waals surface area contributed by atoms with Crippen molar-refractivity contribution in [2.75, 3.05) is 0 Å². The normalized spacial score (nSPS) is 12.0. The predicted octanol–water partition coefficient (Wildman–Crippen LogP) is 4.19. The summed E-state index contributed by atoms with van der Waals surface area (Å²) in [5, 5.41) is 7.19. The van der Waals surface area contributed by atoms with Crippen LogP contribution in [0.1, 0.15) is 34.8 Å². The van der Waals surface area contributed by atoms with Crippen molar-refractivity contribution >= 4 is 17.5 Å². The smallest absolute Gasteiger partial charge is 0.253 e. The van der Waals surface area contributed by atoms with E-state index in [1.807, 2.05) is 31.2 Å². The highest BCUT2D eigenvalue weighted by Crippen LogP contribution is 2.21. The lowest BCUT2D eigenvalue weighted by atomic mass is 10.1. The van der Waals surface area contributed by atoms with E-state index in [1.165, 1.54) is 0 Å². The molecule has 1 atom stereocenters. The third-order valence-electron chi connectivity index (χ3n) is 3.55. The van der Waals surface area contributed by atoms with Gasteiger partial charge >= 0.3 is 0 Å². The van der Waals surface area contributed by atoms with Crippen LogP contribution in [0.2, 0.25) is 5.02 Å². The maximum absolute atomic E-state index is 12.3. The Balaban J connectivity index is 1.75. The number of nitrogens with one attached hydrogen (secondary N) is 1. The van der Waals surface area contributed by atoms with E-state index in [9.17, 15) is 4.79 Å². The van der Waals surface area contributed by atoms with Gasteiger partial charge in [0.15, 0.2) is 0 Å². The summed E-state index contributed by atoms with van der Waals surface area (Å²) in [6.45, 7) is 3.78. The van der Waals surface area contributed by atoms with Gasteiger partial charge in [0, 0.05) is 5.56 Å². The summed E-state index contributed by atoms with van der Waals surface area (Å²) < 4.78 is 5.28. The molecule has 0 saturated carbocycles. The number of carbonyl (C=O) groups excluding carboxylic acids is 1. The zero-order valence-electron chi connectivity index (χ0n) is 13.3. The molecule has 1 N–H and O–H groups in total. The number of hydrogen-bond acceptors (Lipinski definition) is 4. The minimum atomic E-state index is -0.431. The minimum absolute atomic E-state index is 0.289. The maximum atomic E-state index is 12.3. The van der Waals surface area contributed by atoms with Crippen molar-refractivity contribution in [1.29, 1.82) is 0 Å². The number of nitrogens with zero attached hydrogens (tertiary/aromatic N) is 2. The quantitative estimate of drug-likeness (QED) is 0.772. The van der Waals surface area contributed by atoms with Crippen LogP contribution in [-0.4, -0.2) is 16.0 Å². The predicted molar refractivity (Wildman–Crippen MR) is 91.8 cm³/mol. The van der Waals surface area contributed by atoms with Crippen LogP contribution in [0.25, 0.3) is 11.4 Å². The van der Waals surface area contributed by atoms with Crippen LogP contribution in [0.15, 0.2) is 53.1 Å². The Morgan fingerprint density at radius 3 is 2.75 bits per heavy atom. The highest BCUT2D eigenvalue weighted by atomic mass is 35.5. The summed E-state index contributed by atoms with van der Waals surface area (Å²) in [5.41, 5.74) is 2.39. The fourth-order valence-electron chi connectivity index (χ4n) is 2.29. The van der Waals surface area contributed by atoms with Crippen molar-refractivity contribution < 1.29 is 9.32 Å². The van der Waals surface area contributed by atoms with Gasteiger partial charge in [0.05, 0.1) is 10.6 Å². The molecular weight excluding hydrogens is 326 g/mol. The second-order valence-electron chi connectivity index (χ2n) is 5.50. The number of amides is 1. The first kappa shape index (κ1) is 16.2. The van der Waals surface area contributed by atoms with Crippen LogP contribution in [0.3, 0.4) is 0 Å². The summed E-state index contributed by atoms with van der Waals surface area (Å²) in [7, 11) is 0. The van der Waals surface area contributed by atoms with Gasteiger partial charge in [0.25, 0.3) is 5.91 Å². The largest absolute Gasteiger partial charge is 0.340 e. The van der Waals surface area contributed by atoms with E-state index < -0.39 is 6.04 Å². The van der Waals surface area contributed by atoms with Crippen molar-refractivity contribution in [1.82, 2.24) is 15.5 Å². The number of halogens is 1. The fourth-order valence-corrected chi connectivity index (χ4v) is 2.52. The Morgan fingerprint density at radius 2 is 2.00 bits per heavy atom. The van der Waals surface area contributed by atoms with Crippen molar-refractivity contribution in [3.8, 4) is 11.4 Å². The SMILES string of the molecule is Cc1cccc(-c2noc(C(C)NC(=O)c3ccccc3Cl)n2)c1. The molecule has 0 bridgehead atoms. The molecular formula is C18H16ClN3O2. The molecule has 5 nitrogen and oxygen atoms in total. The molecule has 0 fully saturated rings. The summed E-state index contributed by atoms with van der Waals surface area (Å²) in [6.07, 6.45) is 0. The molecule has 0 aliphatic rings. The standard InChI is InChI=1S/C18H16ClN3O2/c1-11-6-5-7-13(10-11)16-21-18(24-22-16)12(2)20-17(23)14-8-3-4-9-15(14)19/h3-10,12H,1-2H3,(H,20,23). The van der Waals surface area contributed by atoms with E-state index in [1.54, 1.807) is 31.2 Å².